The van der Waals surface area contributed by atoms with Gasteiger partial charge in [0.1, 0.15) is 6.04 Å². The SMILES string of the molecule is COC(=O)[C@@H](NCC1CCN(c2ccc(C(=O)NO)cc2)CC1)C1CCCCC1. The van der Waals surface area contributed by atoms with E-state index in [1.54, 1.807) is 17.6 Å². The van der Waals surface area contributed by atoms with E-state index in [0.29, 0.717) is 17.4 Å². The Bertz CT molecular complexity index is 665. The third-order valence-electron chi connectivity index (χ3n) is 6.41. The van der Waals surface area contributed by atoms with Gasteiger partial charge in [0, 0.05) is 24.3 Å². The number of rotatable bonds is 7. The highest BCUT2D eigenvalue weighted by molar-refractivity contribution is 5.93. The van der Waals surface area contributed by atoms with Crippen LogP contribution in [0.5, 0.6) is 0 Å². The van der Waals surface area contributed by atoms with E-state index in [4.69, 9.17) is 9.94 Å². The van der Waals surface area contributed by atoms with E-state index in [9.17, 15) is 9.59 Å². The fourth-order valence-electron chi connectivity index (χ4n) is 4.61. The van der Waals surface area contributed by atoms with Crippen molar-refractivity contribution in [2.24, 2.45) is 11.8 Å². The van der Waals surface area contributed by atoms with Crippen LogP contribution in [-0.2, 0) is 9.53 Å². The van der Waals surface area contributed by atoms with E-state index in [2.05, 4.69) is 10.2 Å². The zero-order valence-electron chi connectivity index (χ0n) is 17.2. The molecule has 2 fully saturated rings. The number of carbonyl (C=O) groups excluding carboxylic acids is 2. The van der Waals surface area contributed by atoms with E-state index in [1.165, 1.54) is 26.4 Å². The number of ether oxygens (including phenoxy) is 1. The number of methoxy groups -OCH3 is 1. The maximum absolute atomic E-state index is 12.3. The van der Waals surface area contributed by atoms with Gasteiger partial charge in [-0.05, 0) is 68.3 Å². The molecule has 2 aliphatic rings. The average molecular weight is 404 g/mol. The van der Waals surface area contributed by atoms with E-state index in [1.807, 2.05) is 12.1 Å². The second-order valence-electron chi connectivity index (χ2n) is 8.23. The van der Waals surface area contributed by atoms with Gasteiger partial charge in [0.2, 0.25) is 0 Å². The highest BCUT2D eigenvalue weighted by atomic mass is 16.5. The first-order valence-electron chi connectivity index (χ1n) is 10.7. The van der Waals surface area contributed by atoms with Gasteiger partial charge in [-0.1, -0.05) is 19.3 Å². The third kappa shape index (κ3) is 5.70. The van der Waals surface area contributed by atoms with Crippen molar-refractivity contribution in [3.63, 3.8) is 0 Å². The number of hydrogen-bond donors (Lipinski definition) is 3. The van der Waals surface area contributed by atoms with Gasteiger partial charge in [-0.3, -0.25) is 14.8 Å². The van der Waals surface area contributed by atoms with Crippen LogP contribution in [0.25, 0.3) is 0 Å². The molecule has 7 heteroatoms. The lowest BCUT2D eigenvalue weighted by molar-refractivity contribution is -0.145. The minimum Gasteiger partial charge on any atom is -0.468 e. The lowest BCUT2D eigenvalue weighted by Crippen LogP contribution is -2.47. The minimum absolute atomic E-state index is 0.124. The first kappa shape index (κ1) is 21.6. The molecular formula is C22H33N3O4. The summed E-state index contributed by atoms with van der Waals surface area (Å²) in [6.45, 7) is 2.74. The number of piperidine rings is 1. The minimum atomic E-state index is -0.501. The first-order valence-corrected chi connectivity index (χ1v) is 10.7. The van der Waals surface area contributed by atoms with Gasteiger partial charge in [0.25, 0.3) is 5.91 Å². The predicted octanol–water partition coefficient (Wildman–Crippen LogP) is 2.73. The van der Waals surface area contributed by atoms with Crippen LogP contribution in [0.15, 0.2) is 24.3 Å². The van der Waals surface area contributed by atoms with Crippen molar-refractivity contribution in [3.8, 4) is 0 Å². The summed E-state index contributed by atoms with van der Waals surface area (Å²) in [5.74, 6) is 0.313. The predicted molar refractivity (Wildman–Crippen MR) is 111 cm³/mol. The van der Waals surface area contributed by atoms with Gasteiger partial charge < -0.3 is 15.0 Å². The summed E-state index contributed by atoms with van der Waals surface area (Å²) in [5, 5.41) is 12.2. The average Bonchev–Trinajstić information content (AvgIpc) is 2.79. The Balaban J connectivity index is 1.48. The van der Waals surface area contributed by atoms with Gasteiger partial charge in [-0.25, -0.2) is 5.48 Å². The number of carbonyl (C=O) groups is 2. The molecule has 7 nitrogen and oxygen atoms in total. The molecule has 0 spiro atoms. The molecule has 160 valence electrons. The van der Waals surface area contributed by atoms with Crippen molar-refractivity contribution in [2.75, 3.05) is 31.6 Å². The van der Waals surface area contributed by atoms with Gasteiger partial charge in [0.15, 0.2) is 0 Å². The molecule has 0 aromatic heterocycles. The fraction of sp³-hybridized carbons (Fsp3) is 0.636. The van der Waals surface area contributed by atoms with Crippen molar-refractivity contribution in [1.82, 2.24) is 10.8 Å². The molecule has 0 bridgehead atoms. The molecule has 1 atom stereocenters. The molecule has 0 radical (unpaired) electrons. The molecule has 1 saturated heterocycles. The number of nitrogens with one attached hydrogen (secondary N) is 2. The Hall–Kier alpha value is -2.12. The Morgan fingerprint density at radius 2 is 1.76 bits per heavy atom. The summed E-state index contributed by atoms with van der Waals surface area (Å²) >= 11 is 0. The first-order chi connectivity index (χ1) is 14.1. The number of esters is 1. The molecule has 1 aromatic rings. The fourth-order valence-corrected chi connectivity index (χ4v) is 4.61. The Kier molecular flexibility index (Phi) is 7.89. The molecule has 0 unspecified atom stereocenters. The van der Waals surface area contributed by atoms with Crippen molar-refractivity contribution in [2.45, 2.75) is 51.0 Å². The number of hydrogen-bond acceptors (Lipinski definition) is 6. The normalized spacial score (nSPS) is 19.6. The number of benzene rings is 1. The smallest absolute Gasteiger partial charge is 0.323 e. The summed E-state index contributed by atoms with van der Waals surface area (Å²) in [6.07, 6.45) is 8.02. The van der Waals surface area contributed by atoms with Crippen LogP contribution in [0, 0.1) is 11.8 Å². The van der Waals surface area contributed by atoms with E-state index in [0.717, 1.165) is 51.0 Å². The van der Waals surface area contributed by atoms with Crippen LogP contribution in [-0.4, -0.2) is 49.9 Å². The number of nitrogens with zero attached hydrogens (tertiary/aromatic N) is 1. The van der Waals surface area contributed by atoms with Crippen molar-refractivity contribution in [3.05, 3.63) is 29.8 Å². The Labute approximate surface area is 172 Å². The van der Waals surface area contributed by atoms with Crippen LogP contribution < -0.4 is 15.7 Å². The summed E-state index contributed by atoms with van der Waals surface area (Å²) in [4.78, 5) is 26.0. The second kappa shape index (κ2) is 10.6. The molecule has 1 aromatic carbocycles. The molecule has 1 amide bonds. The van der Waals surface area contributed by atoms with Crippen molar-refractivity contribution >= 4 is 17.6 Å². The Morgan fingerprint density at radius 1 is 1.10 bits per heavy atom. The number of anilines is 1. The number of hydroxylamine groups is 1. The maximum Gasteiger partial charge on any atom is 0.323 e. The third-order valence-corrected chi connectivity index (χ3v) is 6.41. The quantitative estimate of drug-likeness (QED) is 0.368. The largest absolute Gasteiger partial charge is 0.468 e. The highest BCUT2D eigenvalue weighted by Gasteiger charge is 2.31. The number of amides is 1. The summed E-state index contributed by atoms with van der Waals surface area (Å²) < 4.78 is 5.06. The molecule has 1 aliphatic heterocycles. The summed E-state index contributed by atoms with van der Waals surface area (Å²) in [5.41, 5.74) is 3.17. The molecule has 1 saturated carbocycles. The summed E-state index contributed by atoms with van der Waals surface area (Å²) in [6, 6.07) is 7.10. The van der Waals surface area contributed by atoms with Gasteiger partial charge in [-0.2, -0.15) is 0 Å². The van der Waals surface area contributed by atoms with Crippen molar-refractivity contribution < 1.29 is 19.5 Å². The van der Waals surface area contributed by atoms with E-state index >= 15 is 0 Å². The lowest BCUT2D eigenvalue weighted by atomic mass is 9.83. The van der Waals surface area contributed by atoms with E-state index < -0.39 is 5.91 Å². The second-order valence-corrected chi connectivity index (χ2v) is 8.23. The topological polar surface area (TPSA) is 90.9 Å². The summed E-state index contributed by atoms with van der Waals surface area (Å²) in [7, 11) is 1.48. The van der Waals surface area contributed by atoms with Crippen LogP contribution in [0.2, 0.25) is 0 Å². The molecule has 3 N–H and O–H groups in total. The lowest BCUT2D eigenvalue weighted by Gasteiger charge is -2.35. The molecule has 1 aliphatic carbocycles. The molecular weight excluding hydrogens is 370 g/mol. The van der Waals surface area contributed by atoms with Gasteiger partial charge >= 0.3 is 5.97 Å². The van der Waals surface area contributed by atoms with Crippen LogP contribution >= 0.6 is 0 Å². The van der Waals surface area contributed by atoms with Crippen LogP contribution in [0.1, 0.15) is 55.3 Å². The van der Waals surface area contributed by atoms with Crippen LogP contribution in [0.4, 0.5) is 5.69 Å². The molecule has 3 rings (SSSR count). The maximum atomic E-state index is 12.3. The van der Waals surface area contributed by atoms with Crippen molar-refractivity contribution in [1.29, 1.82) is 0 Å². The van der Waals surface area contributed by atoms with E-state index in [-0.39, 0.29) is 12.0 Å². The Morgan fingerprint density at radius 3 is 2.34 bits per heavy atom. The standard InChI is InChI=1S/C22H33N3O4/c1-29-22(27)20(17-5-3-2-4-6-17)23-15-16-11-13-25(14-12-16)19-9-7-18(8-10-19)21(26)24-28/h7-10,16-17,20,23,28H,2-6,11-15H2,1H3,(H,24,26)/t20-/m0/s1. The zero-order chi connectivity index (χ0) is 20.6. The molecule has 29 heavy (non-hydrogen) atoms. The van der Waals surface area contributed by atoms with Crippen LogP contribution in [0.3, 0.4) is 0 Å². The van der Waals surface area contributed by atoms with Gasteiger partial charge in [-0.15, -0.1) is 0 Å². The monoisotopic (exact) mass is 403 g/mol. The molecule has 1 heterocycles. The highest BCUT2D eigenvalue weighted by Crippen LogP contribution is 2.28. The zero-order valence-corrected chi connectivity index (χ0v) is 17.2. The van der Waals surface area contributed by atoms with Gasteiger partial charge in [0.05, 0.1) is 7.11 Å².